The maximum Gasteiger partial charge on any atom is 0.330 e. The lowest BCUT2D eigenvalue weighted by Crippen LogP contribution is -3.12. The van der Waals surface area contributed by atoms with Crippen molar-refractivity contribution in [3.05, 3.63) is 12.7 Å². The number of quaternary nitrogens is 1. The molecule has 90 valence electrons. The molecule has 0 saturated heterocycles. The third kappa shape index (κ3) is 8.59. The summed E-state index contributed by atoms with van der Waals surface area (Å²) in [6.45, 7) is 9.97. The zero-order valence-corrected chi connectivity index (χ0v) is 10.9. The van der Waals surface area contributed by atoms with E-state index in [2.05, 4.69) is 20.4 Å². The van der Waals surface area contributed by atoms with Gasteiger partial charge in [0, 0.05) is 6.08 Å². The van der Waals surface area contributed by atoms with Gasteiger partial charge >= 0.3 is 5.97 Å². The zero-order chi connectivity index (χ0) is 11.0. The molecule has 0 aromatic heterocycles. The van der Waals surface area contributed by atoms with E-state index >= 15 is 0 Å². The molecule has 2 N–H and O–H groups in total. The molecule has 0 aliphatic rings. The van der Waals surface area contributed by atoms with Gasteiger partial charge < -0.3 is 31.7 Å². The van der Waals surface area contributed by atoms with Crippen LogP contribution in [0.5, 0.6) is 0 Å². The lowest BCUT2D eigenvalue weighted by atomic mass is 10.3. The van der Waals surface area contributed by atoms with Gasteiger partial charge in [-0.1, -0.05) is 6.58 Å². The molecule has 0 aliphatic carbocycles. The highest BCUT2D eigenvalue weighted by Gasteiger charge is 2.13. The smallest absolute Gasteiger partial charge is 0.330 e. The highest BCUT2D eigenvalue weighted by Crippen LogP contribution is 1.84. The number of esters is 1. The fraction of sp³-hybridized carbons (Fsp3) is 0.700. The van der Waals surface area contributed by atoms with Gasteiger partial charge in [0.15, 0.2) is 0 Å². The van der Waals surface area contributed by atoms with E-state index in [9.17, 15) is 9.90 Å². The summed E-state index contributed by atoms with van der Waals surface area (Å²) >= 11 is 0. The van der Waals surface area contributed by atoms with Gasteiger partial charge in [-0.05, 0) is 13.8 Å². The molecule has 0 rings (SSSR count). The number of rotatable bonds is 7. The van der Waals surface area contributed by atoms with Gasteiger partial charge in [0.1, 0.15) is 19.3 Å². The number of carbonyl (C=O) groups is 1. The van der Waals surface area contributed by atoms with Crippen molar-refractivity contribution in [2.45, 2.75) is 20.0 Å². The Morgan fingerprint density at radius 3 is 2.47 bits per heavy atom. The van der Waals surface area contributed by atoms with Crippen molar-refractivity contribution in [1.82, 2.24) is 0 Å². The lowest BCUT2D eigenvalue weighted by molar-refractivity contribution is -0.899. The van der Waals surface area contributed by atoms with Crippen LogP contribution in [0.1, 0.15) is 13.8 Å². The first-order valence-electron chi connectivity index (χ1n) is 4.94. The second-order valence-electron chi connectivity index (χ2n) is 3.15. The van der Waals surface area contributed by atoms with Crippen LogP contribution in [0.15, 0.2) is 12.7 Å². The molecule has 1 unspecified atom stereocenters. The molecule has 0 spiro atoms. The number of halogens is 1. The molecule has 0 heterocycles. The monoisotopic (exact) mass is 281 g/mol. The van der Waals surface area contributed by atoms with Gasteiger partial charge in [-0.3, -0.25) is 0 Å². The summed E-state index contributed by atoms with van der Waals surface area (Å²) in [5.74, 6) is -0.487. The highest BCUT2D eigenvalue weighted by molar-refractivity contribution is 5.81. The van der Waals surface area contributed by atoms with E-state index in [1.54, 1.807) is 0 Å². The molecule has 15 heavy (non-hydrogen) atoms. The Morgan fingerprint density at radius 2 is 2.07 bits per heavy atom. The van der Waals surface area contributed by atoms with E-state index in [0.29, 0.717) is 6.54 Å². The first-order chi connectivity index (χ1) is 6.63. The van der Waals surface area contributed by atoms with E-state index in [1.807, 2.05) is 0 Å². The van der Waals surface area contributed by atoms with E-state index < -0.39 is 12.1 Å². The van der Waals surface area contributed by atoms with Crippen LogP contribution in [0.2, 0.25) is 0 Å². The molecule has 0 radical (unpaired) electrons. The minimum absolute atomic E-state index is 0. The number of aliphatic hydroxyl groups is 1. The van der Waals surface area contributed by atoms with Crippen LogP contribution in [-0.4, -0.2) is 43.4 Å². The molecule has 0 aromatic rings. The largest absolute Gasteiger partial charge is 1.00 e. The second-order valence-corrected chi connectivity index (χ2v) is 3.15. The first kappa shape index (κ1) is 17.0. The molecule has 0 aliphatic heterocycles. The van der Waals surface area contributed by atoms with Crippen molar-refractivity contribution in [2.75, 3.05) is 26.2 Å². The van der Waals surface area contributed by atoms with Crippen LogP contribution in [0, 0.1) is 0 Å². The van der Waals surface area contributed by atoms with E-state index in [4.69, 9.17) is 4.74 Å². The highest BCUT2D eigenvalue weighted by atomic mass is 79.9. The minimum Gasteiger partial charge on any atom is -1.00 e. The molecular weight excluding hydrogens is 262 g/mol. The number of carbonyl (C=O) groups excluding carboxylic acids is 1. The van der Waals surface area contributed by atoms with Crippen molar-refractivity contribution in [2.24, 2.45) is 0 Å². The summed E-state index contributed by atoms with van der Waals surface area (Å²) < 4.78 is 4.72. The van der Waals surface area contributed by atoms with Crippen LogP contribution in [0.4, 0.5) is 0 Å². The SMILES string of the molecule is C=CC(=O)OCC(O)C[NH+](CC)CC.[Br-]. The van der Waals surface area contributed by atoms with E-state index in [-0.39, 0.29) is 23.6 Å². The average molecular weight is 282 g/mol. The normalized spacial score (nSPS) is 11.7. The van der Waals surface area contributed by atoms with Gasteiger partial charge in [0.25, 0.3) is 0 Å². The second kappa shape index (κ2) is 10.1. The molecule has 0 saturated carbocycles. The molecule has 0 amide bonds. The van der Waals surface area contributed by atoms with E-state index in [1.165, 1.54) is 4.90 Å². The Hall–Kier alpha value is -0.390. The summed E-state index contributed by atoms with van der Waals surface area (Å²) in [4.78, 5) is 12.0. The van der Waals surface area contributed by atoms with Crippen LogP contribution >= 0.6 is 0 Å². The lowest BCUT2D eigenvalue weighted by Gasteiger charge is -2.18. The quantitative estimate of drug-likeness (QED) is 0.370. The number of hydrogen-bond acceptors (Lipinski definition) is 3. The van der Waals surface area contributed by atoms with Gasteiger partial charge in [-0.15, -0.1) is 0 Å². The molecule has 0 fully saturated rings. The molecule has 0 bridgehead atoms. The van der Waals surface area contributed by atoms with Gasteiger partial charge in [0.05, 0.1) is 13.1 Å². The fourth-order valence-corrected chi connectivity index (χ4v) is 1.17. The topological polar surface area (TPSA) is 51.0 Å². The maximum atomic E-state index is 10.7. The summed E-state index contributed by atoms with van der Waals surface area (Å²) in [6, 6.07) is 0. The third-order valence-electron chi connectivity index (χ3n) is 2.11. The number of hydrogen-bond donors (Lipinski definition) is 2. The molecule has 1 atom stereocenters. The standard InChI is InChI=1S/C10H19NO3.BrH/c1-4-10(13)14-8-9(12)7-11(5-2)6-3;/h4,9,12H,1,5-8H2,2-3H3;1H. The summed E-state index contributed by atoms with van der Waals surface area (Å²) in [5, 5.41) is 9.49. The predicted octanol–water partition coefficient (Wildman–Crippen LogP) is -3.99. The zero-order valence-electron chi connectivity index (χ0n) is 9.33. The molecular formula is C10H20BrNO3. The van der Waals surface area contributed by atoms with E-state index in [0.717, 1.165) is 19.2 Å². The number of ether oxygens (including phenoxy) is 1. The molecule has 5 heteroatoms. The van der Waals surface area contributed by atoms with Crippen molar-refractivity contribution in [3.8, 4) is 0 Å². The average Bonchev–Trinajstić information content (AvgIpc) is 2.22. The Balaban J connectivity index is 0. The van der Waals surface area contributed by atoms with Gasteiger partial charge in [-0.2, -0.15) is 0 Å². The van der Waals surface area contributed by atoms with Crippen molar-refractivity contribution in [1.29, 1.82) is 0 Å². The Bertz CT molecular complexity index is 184. The van der Waals surface area contributed by atoms with Crippen molar-refractivity contribution in [3.63, 3.8) is 0 Å². The Morgan fingerprint density at radius 1 is 1.53 bits per heavy atom. The number of aliphatic hydroxyl groups excluding tert-OH is 1. The first-order valence-corrected chi connectivity index (χ1v) is 4.94. The number of nitrogens with one attached hydrogen (secondary N) is 1. The van der Waals surface area contributed by atoms with Gasteiger partial charge in [0.2, 0.25) is 0 Å². The number of likely N-dealkylation sites (N-methyl/N-ethyl adjacent to an activating group) is 1. The van der Waals surface area contributed by atoms with Crippen molar-refractivity contribution < 1.29 is 36.5 Å². The van der Waals surface area contributed by atoms with Crippen LogP contribution in [0.25, 0.3) is 0 Å². The predicted molar refractivity (Wildman–Crippen MR) is 54.1 cm³/mol. The molecule has 0 aromatic carbocycles. The van der Waals surface area contributed by atoms with Crippen LogP contribution < -0.4 is 21.9 Å². The van der Waals surface area contributed by atoms with Gasteiger partial charge in [-0.25, -0.2) is 4.79 Å². The third-order valence-corrected chi connectivity index (χ3v) is 2.11. The van der Waals surface area contributed by atoms with Crippen molar-refractivity contribution >= 4 is 5.97 Å². The summed E-state index contributed by atoms with van der Waals surface area (Å²) in [7, 11) is 0. The Labute approximate surface area is 102 Å². The van der Waals surface area contributed by atoms with Crippen LogP contribution in [0.3, 0.4) is 0 Å². The minimum atomic E-state index is -0.589. The molecule has 4 nitrogen and oxygen atoms in total. The Kier molecular flexibility index (Phi) is 11.5. The fourth-order valence-electron chi connectivity index (χ4n) is 1.17. The summed E-state index contributed by atoms with van der Waals surface area (Å²) in [5.41, 5.74) is 0. The maximum absolute atomic E-state index is 10.7. The van der Waals surface area contributed by atoms with Crippen LogP contribution in [-0.2, 0) is 9.53 Å². The summed E-state index contributed by atoms with van der Waals surface area (Å²) in [6.07, 6.45) is 0.505.